The van der Waals surface area contributed by atoms with Crippen LogP contribution in [0, 0.1) is 11.3 Å². The lowest BCUT2D eigenvalue weighted by Gasteiger charge is -2.36. The summed E-state index contributed by atoms with van der Waals surface area (Å²) in [5, 5.41) is 12.2. The maximum absolute atomic E-state index is 12.5. The van der Waals surface area contributed by atoms with Gasteiger partial charge in [0.2, 0.25) is 0 Å². The van der Waals surface area contributed by atoms with Crippen molar-refractivity contribution in [1.29, 1.82) is 5.26 Å². The molecule has 0 aliphatic carbocycles. The maximum Gasteiger partial charge on any atom is 0.321 e. The van der Waals surface area contributed by atoms with Crippen molar-refractivity contribution in [2.75, 3.05) is 36.4 Å². The van der Waals surface area contributed by atoms with Crippen LogP contribution in [0.4, 0.5) is 16.2 Å². The quantitative estimate of drug-likeness (QED) is 0.935. The lowest BCUT2D eigenvalue weighted by Crippen LogP contribution is -2.50. The monoisotopic (exact) mass is 334 g/mol. The third kappa shape index (κ3) is 3.92. The number of benzene rings is 2. The molecule has 3 rings (SSSR count). The summed E-state index contributed by atoms with van der Waals surface area (Å²) in [7, 11) is 0. The number of aryl methyl sites for hydroxylation is 1. The number of nitrogens with one attached hydrogen (secondary N) is 1. The van der Waals surface area contributed by atoms with Gasteiger partial charge >= 0.3 is 6.03 Å². The van der Waals surface area contributed by atoms with Crippen LogP contribution in [0.15, 0.2) is 48.5 Å². The van der Waals surface area contributed by atoms with Gasteiger partial charge in [0.25, 0.3) is 0 Å². The van der Waals surface area contributed by atoms with E-state index in [1.54, 1.807) is 0 Å². The van der Waals surface area contributed by atoms with Gasteiger partial charge in [-0.05, 0) is 36.2 Å². The number of carbonyl (C=O) groups is 1. The van der Waals surface area contributed by atoms with Crippen LogP contribution in [0.3, 0.4) is 0 Å². The van der Waals surface area contributed by atoms with Crippen molar-refractivity contribution < 1.29 is 4.79 Å². The molecule has 5 heteroatoms. The molecule has 0 spiro atoms. The molecular formula is C20H22N4O. The van der Waals surface area contributed by atoms with Gasteiger partial charge in [-0.1, -0.05) is 31.2 Å². The predicted molar refractivity (Wildman–Crippen MR) is 99.8 cm³/mol. The number of amides is 2. The minimum absolute atomic E-state index is 0.0681. The highest BCUT2D eigenvalue weighted by atomic mass is 16.2. The summed E-state index contributed by atoms with van der Waals surface area (Å²) in [6.45, 7) is 4.82. The van der Waals surface area contributed by atoms with Crippen LogP contribution in [-0.4, -0.2) is 37.1 Å². The Hall–Kier alpha value is -3.00. The number of nitrogens with zero attached hydrogens (tertiary/aromatic N) is 3. The van der Waals surface area contributed by atoms with Crippen LogP contribution in [0.5, 0.6) is 0 Å². The molecular weight excluding hydrogens is 312 g/mol. The Bertz CT molecular complexity index is 788. The maximum atomic E-state index is 12.5. The summed E-state index contributed by atoms with van der Waals surface area (Å²) in [6, 6.07) is 17.7. The Labute approximate surface area is 148 Å². The van der Waals surface area contributed by atoms with E-state index < -0.39 is 0 Å². The SMILES string of the molecule is CCc1cccc(NC(=O)N2CCN(c3ccccc3C#N)CC2)c1. The smallest absolute Gasteiger partial charge is 0.321 e. The first-order chi connectivity index (χ1) is 12.2. The summed E-state index contributed by atoms with van der Waals surface area (Å²) < 4.78 is 0. The van der Waals surface area contributed by atoms with E-state index in [1.807, 2.05) is 47.4 Å². The molecule has 1 heterocycles. The van der Waals surface area contributed by atoms with Crippen LogP contribution in [0.2, 0.25) is 0 Å². The van der Waals surface area contributed by atoms with Gasteiger partial charge in [0.15, 0.2) is 0 Å². The fourth-order valence-electron chi connectivity index (χ4n) is 3.07. The molecule has 128 valence electrons. The molecule has 1 aliphatic heterocycles. The van der Waals surface area contributed by atoms with Crippen molar-refractivity contribution in [1.82, 2.24) is 4.90 Å². The Morgan fingerprint density at radius 2 is 1.88 bits per heavy atom. The molecule has 25 heavy (non-hydrogen) atoms. The van der Waals surface area contributed by atoms with Gasteiger partial charge in [0.05, 0.1) is 11.3 Å². The molecule has 2 aromatic rings. The second-order valence-electron chi connectivity index (χ2n) is 6.09. The average Bonchev–Trinajstić information content (AvgIpc) is 2.68. The van der Waals surface area contributed by atoms with E-state index in [9.17, 15) is 10.1 Å². The molecule has 0 saturated carbocycles. The molecule has 0 unspecified atom stereocenters. The number of hydrogen-bond donors (Lipinski definition) is 1. The van der Waals surface area contributed by atoms with E-state index in [-0.39, 0.29) is 6.03 Å². The Balaban J connectivity index is 1.60. The minimum atomic E-state index is -0.0681. The lowest BCUT2D eigenvalue weighted by molar-refractivity contribution is 0.208. The fourth-order valence-corrected chi connectivity index (χ4v) is 3.07. The summed E-state index contributed by atoms with van der Waals surface area (Å²) in [6.07, 6.45) is 0.945. The molecule has 1 N–H and O–H groups in total. The molecule has 1 fully saturated rings. The van der Waals surface area contributed by atoms with Crippen LogP contribution < -0.4 is 10.2 Å². The van der Waals surface area contributed by atoms with Gasteiger partial charge < -0.3 is 15.1 Å². The molecule has 0 atom stereocenters. The number of piperazine rings is 1. The van der Waals surface area contributed by atoms with Gasteiger partial charge in [0.1, 0.15) is 6.07 Å². The summed E-state index contributed by atoms with van der Waals surface area (Å²) in [4.78, 5) is 16.5. The van der Waals surface area contributed by atoms with Crippen molar-refractivity contribution >= 4 is 17.4 Å². The molecule has 0 aromatic heterocycles. The third-order valence-corrected chi connectivity index (χ3v) is 4.52. The normalized spacial score (nSPS) is 14.1. The van der Waals surface area contributed by atoms with Crippen molar-refractivity contribution in [2.45, 2.75) is 13.3 Å². The zero-order valence-corrected chi connectivity index (χ0v) is 14.4. The van der Waals surface area contributed by atoms with E-state index in [4.69, 9.17) is 0 Å². The number of rotatable bonds is 3. The van der Waals surface area contributed by atoms with Crippen LogP contribution in [-0.2, 0) is 6.42 Å². The van der Waals surface area contributed by atoms with Crippen molar-refractivity contribution in [2.24, 2.45) is 0 Å². The van der Waals surface area contributed by atoms with Gasteiger partial charge in [-0.2, -0.15) is 5.26 Å². The first-order valence-electron chi connectivity index (χ1n) is 8.60. The molecule has 0 bridgehead atoms. The fraction of sp³-hybridized carbons (Fsp3) is 0.300. The van der Waals surface area contributed by atoms with Crippen molar-refractivity contribution in [3.8, 4) is 6.07 Å². The average molecular weight is 334 g/mol. The van der Waals surface area contributed by atoms with Gasteiger partial charge in [0, 0.05) is 31.9 Å². The Morgan fingerprint density at radius 1 is 1.12 bits per heavy atom. The van der Waals surface area contributed by atoms with E-state index in [0.29, 0.717) is 18.7 Å². The molecule has 5 nitrogen and oxygen atoms in total. The zero-order chi connectivity index (χ0) is 17.6. The summed E-state index contributed by atoms with van der Waals surface area (Å²) >= 11 is 0. The van der Waals surface area contributed by atoms with Crippen molar-refractivity contribution in [3.05, 3.63) is 59.7 Å². The number of hydrogen-bond acceptors (Lipinski definition) is 3. The number of nitriles is 1. The van der Waals surface area contributed by atoms with E-state index in [2.05, 4.69) is 29.3 Å². The second kappa shape index (κ2) is 7.71. The molecule has 0 radical (unpaired) electrons. The summed E-state index contributed by atoms with van der Waals surface area (Å²) in [5.74, 6) is 0. The Morgan fingerprint density at radius 3 is 2.60 bits per heavy atom. The molecule has 2 amide bonds. The van der Waals surface area contributed by atoms with Crippen LogP contribution >= 0.6 is 0 Å². The molecule has 2 aromatic carbocycles. The lowest BCUT2D eigenvalue weighted by atomic mass is 10.1. The molecule has 1 aliphatic rings. The van der Waals surface area contributed by atoms with Crippen LogP contribution in [0.25, 0.3) is 0 Å². The highest BCUT2D eigenvalue weighted by Crippen LogP contribution is 2.21. The van der Waals surface area contributed by atoms with Gasteiger partial charge in [-0.25, -0.2) is 4.79 Å². The minimum Gasteiger partial charge on any atom is -0.367 e. The van der Waals surface area contributed by atoms with Crippen molar-refractivity contribution in [3.63, 3.8) is 0 Å². The van der Waals surface area contributed by atoms with Gasteiger partial charge in [-0.3, -0.25) is 0 Å². The molecule has 1 saturated heterocycles. The predicted octanol–water partition coefficient (Wildman–Crippen LogP) is 3.47. The highest BCUT2D eigenvalue weighted by molar-refractivity contribution is 5.89. The van der Waals surface area contributed by atoms with Crippen LogP contribution in [0.1, 0.15) is 18.1 Å². The Kier molecular flexibility index (Phi) is 5.20. The standard InChI is InChI=1S/C20H22N4O/c1-2-16-6-5-8-18(14-16)22-20(25)24-12-10-23(11-13-24)19-9-4-3-7-17(19)15-21/h3-9,14H,2,10-13H2,1H3,(H,22,25). The topological polar surface area (TPSA) is 59.4 Å². The third-order valence-electron chi connectivity index (χ3n) is 4.52. The first kappa shape index (κ1) is 16.8. The highest BCUT2D eigenvalue weighted by Gasteiger charge is 2.22. The summed E-state index contributed by atoms with van der Waals surface area (Å²) in [5.41, 5.74) is 3.66. The largest absolute Gasteiger partial charge is 0.367 e. The number of urea groups is 1. The van der Waals surface area contributed by atoms with Gasteiger partial charge in [-0.15, -0.1) is 0 Å². The first-order valence-corrected chi connectivity index (χ1v) is 8.60. The van der Waals surface area contributed by atoms with E-state index >= 15 is 0 Å². The number of carbonyl (C=O) groups excluding carboxylic acids is 1. The number of anilines is 2. The number of para-hydroxylation sites is 1. The second-order valence-corrected chi connectivity index (χ2v) is 6.09. The van der Waals surface area contributed by atoms with E-state index in [0.717, 1.165) is 30.9 Å². The van der Waals surface area contributed by atoms with E-state index in [1.165, 1.54) is 5.56 Å². The zero-order valence-electron chi connectivity index (χ0n) is 14.4.